The van der Waals surface area contributed by atoms with E-state index in [0.29, 0.717) is 0 Å². The van der Waals surface area contributed by atoms with Crippen LogP contribution in [0.25, 0.3) is 0 Å². The Morgan fingerprint density at radius 3 is 0.620 bits per heavy atom. The van der Waals surface area contributed by atoms with E-state index in [1.54, 1.807) is 38.9 Å². The van der Waals surface area contributed by atoms with Gasteiger partial charge in [-0.1, -0.05) is 286 Å². The number of hydrogen-bond donors (Lipinski definition) is 0. The molecule has 71 heavy (non-hydrogen) atoms. The van der Waals surface area contributed by atoms with Crippen LogP contribution in [-0.2, 0) is 21.7 Å². The quantitative estimate of drug-likeness (QED) is 0.106. The second-order valence-electron chi connectivity index (χ2n) is 31.0. The van der Waals surface area contributed by atoms with E-state index in [1.165, 1.54) is 0 Å². The summed E-state index contributed by atoms with van der Waals surface area (Å²) in [6.45, 7) is 92.1. The van der Waals surface area contributed by atoms with Gasteiger partial charge in [0.15, 0.2) is 8.07 Å². The van der Waals surface area contributed by atoms with E-state index in [-0.39, 0.29) is 58.9 Å². The standard InChI is InChI=1S/C57H105Si10.3ClH.Ti/c1-38-35-45(58(8,9)10)52(55(64(26,27)28)48(38)61(17,18)19)67(51-43(6)41(4)42(5)44(51)7,53-46(59(11,12)13)36-39(2)49(62(20,21)22)56(53)65(29,30)31)54-47(60(14,15)16)37-40(3)50(63(23,24)25)57(54)66(32,33)34;;;;/h35-37H,1-34H3;3*1H;/q-1;;;;+4/p-3. The van der Waals surface area contributed by atoms with Gasteiger partial charge in [-0.05, 0) is 36.3 Å². The third-order valence-corrected chi connectivity index (χ3v) is 41.5. The molecule has 0 aliphatic heterocycles. The van der Waals surface area contributed by atoms with Crippen LogP contribution in [0.4, 0.5) is 0 Å². The van der Waals surface area contributed by atoms with Gasteiger partial charge in [0.05, 0.1) is 72.7 Å². The summed E-state index contributed by atoms with van der Waals surface area (Å²) in [5, 5.41) is 24.2. The normalized spacial score (nSPS) is 13.6. The molecule has 398 valence electrons. The Hall–Kier alpha value is 0.763. The van der Waals surface area contributed by atoms with Gasteiger partial charge in [0, 0.05) is 0 Å². The summed E-state index contributed by atoms with van der Waals surface area (Å²) < 4.78 is 0. The van der Waals surface area contributed by atoms with Gasteiger partial charge >= 0.3 is 21.7 Å². The van der Waals surface area contributed by atoms with E-state index in [0.717, 1.165) is 0 Å². The average Bonchev–Trinajstić information content (AvgIpc) is 3.26. The molecule has 4 aromatic rings. The van der Waals surface area contributed by atoms with Crippen LogP contribution >= 0.6 is 0 Å². The Bertz CT molecular complexity index is 2330. The van der Waals surface area contributed by atoms with E-state index >= 15 is 0 Å². The Balaban J connectivity index is 0.0000122. The van der Waals surface area contributed by atoms with E-state index in [9.17, 15) is 0 Å². The van der Waals surface area contributed by atoms with Crippen molar-refractivity contribution in [2.24, 2.45) is 0 Å². The van der Waals surface area contributed by atoms with Crippen molar-refractivity contribution in [3.8, 4) is 0 Å². The molecule has 0 heterocycles. The monoisotopic (exact) mass is 1220 g/mol. The van der Waals surface area contributed by atoms with Crippen LogP contribution in [0.5, 0.6) is 0 Å². The summed E-state index contributed by atoms with van der Waals surface area (Å²) in [4.78, 5) is 0. The third-order valence-electron chi connectivity index (χ3n) is 15.4. The maximum atomic E-state index is 2.90. The second-order valence-corrected chi connectivity index (χ2v) is 79.6. The minimum Gasteiger partial charge on any atom is -1.00 e. The molecule has 0 spiro atoms. The van der Waals surface area contributed by atoms with Crippen LogP contribution in [-0.4, -0.2) is 80.7 Å². The maximum Gasteiger partial charge on any atom is 4.00 e. The van der Waals surface area contributed by atoms with Gasteiger partial charge in [0.1, 0.15) is 0 Å². The number of halogens is 3. The SMILES string of the molecule is Cc1cc([Si](C)(C)C)c([Si](c2c([Si](C)(C)C)cc(C)c([Si](C)(C)C)c2[Si](C)(C)C)(c2c([Si](C)(C)C)cc(C)c([Si](C)(C)C)c2[Si](C)(C)C)c2c(C)c(C)c(C)[c-]2C)c([Si](C)(C)C)c1[Si](C)(C)C.[Cl-].[Cl-].[Cl-].[Ti+4]. The maximum absolute atomic E-state index is 3.45. The molecule has 0 radical (unpaired) electrons. The fraction of sp³-hybridized carbons (Fsp3) is 0.596. The first-order valence-electron chi connectivity index (χ1n) is 26.2. The molecule has 14 heteroatoms. The molecule has 0 saturated carbocycles. The second kappa shape index (κ2) is 22.5. The molecular formula is C57H105Cl3Si10Ti. The van der Waals surface area contributed by atoms with Crippen molar-refractivity contribution in [3.63, 3.8) is 0 Å². The molecule has 0 fully saturated rings. The summed E-state index contributed by atoms with van der Waals surface area (Å²) in [7, 11) is -22.0. The molecule has 0 amide bonds. The van der Waals surface area contributed by atoms with Gasteiger partial charge in [0.25, 0.3) is 0 Å². The molecule has 0 aliphatic carbocycles. The van der Waals surface area contributed by atoms with Gasteiger partial charge in [0.2, 0.25) is 0 Å². The summed E-state index contributed by atoms with van der Waals surface area (Å²) in [6.07, 6.45) is 0. The predicted octanol–water partition coefficient (Wildman–Crippen LogP) is 0.858. The third kappa shape index (κ3) is 13.3. The van der Waals surface area contributed by atoms with Crippen LogP contribution in [0.1, 0.15) is 38.9 Å². The number of aryl methyl sites for hydroxylation is 3. The van der Waals surface area contributed by atoms with Crippen LogP contribution in [0.15, 0.2) is 18.2 Å². The fourth-order valence-electron chi connectivity index (χ4n) is 13.1. The Kier molecular flexibility index (Phi) is 22.7. The Labute approximate surface area is 484 Å². The van der Waals surface area contributed by atoms with Gasteiger partial charge < -0.3 is 37.2 Å². The molecule has 4 rings (SSSR count). The van der Waals surface area contributed by atoms with Crippen molar-refractivity contribution in [1.29, 1.82) is 0 Å². The molecular weight excluding hydrogens is 1120 g/mol. The number of rotatable bonds is 13. The topological polar surface area (TPSA) is 0 Å². The van der Waals surface area contributed by atoms with Crippen molar-refractivity contribution in [2.75, 3.05) is 0 Å². The minimum atomic E-state index is -3.45. The molecule has 0 bridgehead atoms. The summed E-state index contributed by atoms with van der Waals surface area (Å²) in [6, 6.07) is 8.71. The zero-order valence-electron chi connectivity index (χ0n) is 52.4. The van der Waals surface area contributed by atoms with Crippen molar-refractivity contribution in [1.82, 2.24) is 0 Å². The van der Waals surface area contributed by atoms with E-state index in [4.69, 9.17) is 0 Å². The largest absolute Gasteiger partial charge is 4.00 e. The van der Waals surface area contributed by atoms with Crippen molar-refractivity contribution in [3.05, 3.63) is 57.1 Å². The Morgan fingerprint density at radius 2 is 0.479 bits per heavy atom. The number of benzene rings is 3. The van der Waals surface area contributed by atoms with Gasteiger partial charge in [-0.2, -0.15) is 27.4 Å². The smallest absolute Gasteiger partial charge is 1.00 e. The van der Waals surface area contributed by atoms with Crippen LogP contribution < -0.4 is 105 Å². The predicted molar refractivity (Wildman–Crippen MR) is 346 cm³/mol. The van der Waals surface area contributed by atoms with E-state index in [2.05, 4.69) is 243 Å². The Morgan fingerprint density at radius 1 is 0.282 bits per heavy atom. The summed E-state index contributed by atoms with van der Waals surface area (Å²) >= 11 is 0. The van der Waals surface area contributed by atoms with Crippen molar-refractivity contribution in [2.45, 2.75) is 225 Å². The first-order valence-corrected chi connectivity index (χ1v) is 59.7. The molecule has 0 unspecified atom stereocenters. The van der Waals surface area contributed by atoms with Crippen LogP contribution in [0, 0.1) is 48.5 Å². The van der Waals surface area contributed by atoms with Crippen molar-refractivity contribution >= 4 is 148 Å². The molecule has 0 atom stereocenters. The summed E-state index contributed by atoms with van der Waals surface area (Å²) in [5.74, 6) is 0. The first-order chi connectivity index (χ1) is 29.4. The molecule has 0 saturated heterocycles. The van der Waals surface area contributed by atoms with Gasteiger partial charge in [-0.3, -0.25) is 0 Å². The van der Waals surface area contributed by atoms with Gasteiger partial charge in [-0.15, -0.1) is 0 Å². The zero-order chi connectivity index (χ0) is 52.7. The average molecular weight is 1230 g/mol. The molecule has 0 N–H and O–H groups in total. The zero-order valence-corrected chi connectivity index (χ0v) is 66.2. The van der Waals surface area contributed by atoms with Gasteiger partial charge in [-0.25, -0.2) is 0 Å². The van der Waals surface area contributed by atoms with Crippen LogP contribution in [0.2, 0.25) is 177 Å². The molecule has 0 aliphatic rings. The number of hydrogen-bond acceptors (Lipinski definition) is 0. The fourth-order valence-corrected chi connectivity index (χ4v) is 53.1. The molecule has 0 aromatic heterocycles. The molecule has 4 aromatic carbocycles. The van der Waals surface area contributed by atoms with E-state index in [1.807, 2.05) is 67.4 Å². The first kappa shape index (κ1) is 71.8. The summed E-state index contributed by atoms with van der Waals surface area (Å²) in [5.41, 5.74) is 11.2. The minimum absolute atomic E-state index is 0. The van der Waals surface area contributed by atoms with Crippen LogP contribution in [0.3, 0.4) is 0 Å². The molecule has 0 nitrogen and oxygen atoms in total. The van der Waals surface area contributed by atoms with E-state index < -0.39 is 80.7 Å². The van der Waals surface area contributed by atoms with Crippen molar-refractivity contribution < 1.29 is 58.9 Å².